The molecule has 4 aromatic rings. The van der Waals surface area contributed by atoms with Crippen LogP contribution in [0.15, 0.2) is 30.5 Å². The van der Waals surface area contributed by atoms with Gasteiger partial charge < -0.3 is 10.6 Å². The summed E-state index contributed by atoms with van der Waals surface area (Å²) in [6.07, 6.45) is -2.28. The van der Waals surface area contributed by atoms with E-state index in [-0.39, 0.29) is 11.4 Å². The summed E-state index contributed by atoms with van der Waals surface area (Å²) in [5.41, 5.74) is 6.53. The molecule has 0 aliphatic heterocycles. The summed E-state index contributed by atoms with van der Waals surface area (Å²) in [5, 5.41) is 5.32. The molecule has 5 rings (SSSR count). The fourth-order valence-electron chi connectivity index (χ4n) is 4.49. The van der Waals surface area contributed by atoms with Crippen molar-refractivity contribution in [3.8, 4) is 0 Å². The standard InChI is InChI=1S/C22H18F4N6O/c1-31(17-5-4-15-10(17)3-6-18(29-15)22(24,25)26)21(33)12-7-11-13-9-28-32(2)19(13)20(27)30-16(11)8-14(12)23/h3,6-9,17H,4-5H2,1-2H3,(H2,27,30)/t17-/m0/s1. The van der Waals surface area contributed by atoms with Gasteiger partial charge in [-0.3, -0.25) is 9.48 Å². The number of halogens is 4. The first kappa shape index (κ1) is 21.1. The van der Waals surface area contributed by atoms with E-state index in [4.69, 9.17) is 5.73 Å². The quantitative estimate of drug-likeness (QED) is 0.459. The van der Waals surface area contributed by atoms with Crippen molar-refractivity contribution in [3.05, 3.63) is 58.8 Å². The molecular formula is C22H18F4N6O. The van der Waals surface area contributed by atoms with E-state index < -0.39 is 29.6 Å². The number of nitrogens with zero attached hydrogens (tertiary/aromatic N) is 5. The minimum atomic E-state index is -4.54. The number of aromatic nitrogens is 4. The molecular weight excluding hydrogens is 440 g/mol. The molecule has 3 heterocycles. The third kappa shape index (κ3) is 3.26. The number of fused-ring (bicyclic) bond motifs is 4. The summed E-state index contributed by atoms with van der Waals surface area (Å²) >= 11 is 0. The first-order valence-electron chi connectivity index (χ1n) is 10.1. The predicted octanol–water partition coefficient (Wildman–Crippen LogP) is 4.02. The van der Waals surface area contributed by atoms with Crippen molar-refractivity contribution in [1.29, 1.82) is 0 Å². The number of rotatable bonds is 2. The van der Waals surface area contributed by atoms with Gasteiger partial charge in [0.25, 0.3) is 5.91 Å². The van der Waals surface area contributed by atoms with Crippen molar-refractivity contribution in [2.75, 3.05) is 12.8 Å². The van der Waals surface area contributed by atoms with Crippen molar-refractivity contribution in [2.24, 2.45) is 7.05 Å². The highest BCUT2D eigenvalue weighted by molar-refractivity contribution is 6.10. The zero-order valence-electron chi connectivity index (χ0n) is 17.6. The SMILES string of the molecule is CN(C(=O)c1cc2c(cc1F)nc(N)c1c2cnn1C)[C@H]1CCc2nc(C(F)(F)F)ccc21. The molecule has 0 saturated carbocycles. The van der Waals surface area contributed by atoms with Crippen LogP contribution < -0.4 is 5.73 Å². The molecule has 170 valence electrons. The van der Waals surface area contributed by atoms with E-state index in [0.717, 1.165) is 12.1 Å². The lowest BCUT2D eigenvalue weighted by Gasteiger charge is -2.26. The Kier molecular flexibility index (Phi) is 4.56. The largest absolute Gasteiger partial charge is 0.433 e. The van der Waals surface area contributed by atoms with Gasteiger partial charge in [0.05, 0.1) is 23.3 Å². The van der Waals surface area contributed by atoms with Crippen LogP contribution in [0.5, 0.6) is 0 Å². The topological polar surface area (TPSA) is 89.9 Å². The van der Waals surface area contributed by atoms with Gasteiger partial charge in [-0.25, -0.2) is 14.4 Å². The molecule has 11 heteroatoms. The first-order valence-corrected chi connectivity index (χ1v) is 10.1. The van der Waals surface area contributed by atoms with Crippen molar-refractivity contribution in [3.63, 3.8) is 0 Å². The predicted molar refractivity (Wildman–Crippen MR) is 113 cm³/mol. The minimum Gasteiger partial charge on any atom is -0.382 e. The van der Waals surface area contributed by atoms with Crippen LogP contribution in [0.2, 0.25) is 0 Å². The molecule has 1 aromatic carbocycles. The maximum Gasteiger partial charge on any atom is 0.433 e. The summed E-state index contributed by atoms with van der Waals surface area (Å²) < 4.78 is 55.4. The van der Waals surface area contributed by atoms with Crippen molar-refractivity contribution in [1.82, 2.24) is 24.6 Å². The number of hydrogen-bond acceptors (Lipinski definition) is 5. The second-order valence-corrected chi connectivity index (χ2v) is 8.08. The van der Waals surface area contributed by atoms with Crippen molar-refractivity contribution >= 4 is 33.5 Å². The number of nitrogens with two attached hydrogens (primary N) is 1. The highest BCUT2D eigenvalue weighted by atomic mass is 19.4. The van der Waals surface area contributed by atoms with Gasteiger partial charge in [-0.15, -0.1) is 0 Å². The number of carbonyl (C=O) groups is 1. The average Bonchev–Trinajstić information content (AvgIpc) is 3.35. The molecule has 3 aromatic heterocycles. The normalized spacial score (nSPS) is 15.9. The number of anilines is 1. The monoisotopic (exact) mass is 458 g/mol. The number of carbonyl (C=O) groups excluding carboxylic acids is 1. The summed E-state index contributed by atoms with van der Waals surface area (Å²) in [4.78, 5) is 22.6. The summed E-state index contributed by atoms with van der Waals surface area (Å²) in [6, 6.07) is 4.30. The van der Waals surface area contributed by atoms with Crippen LogP contribution in [0.1, 0.15) is 39.8 Å². The molecule has 1 atom stereocenters. The molecule has 0 saturated heterocycles. The van der Waals surface area contributed by atoms with Crippen LogP contribution in [0.3, 0.4) is 0 Å². The number of nitrogen functional groups attached to an aromatic ring is 1. The lowest BCUT2D eigenvalue weighted by Crippen LogP contribution is -2.31. The molecule has 1 amide bonds. The molecule has 0 spiro atoms. The fraction of sp³-hybridized carbons (Fsp3) is 0.273. The Labute approximate surface area is 184 Å². The van der Waals surface area contributed by atoms with Crippen LogP contribution in [-0.4, -0.2) is 37.6 Å². The van der Waals surface area contributed by atoms with Gasteiger partial charge in [0, 0.05) is 36.6 Å². The summed E-state index contributed by atoms with van der Waals surface area (Å²) in [5.74, 6) is -1.17. The molecule has 1 aliphatic rings. The maximum atomic E-state index is 14.9. The molecule has 0 fully saturated rings. The molecule has 7 nitrogen and oxygen atoms in total. The fourth-order valence-corrected chi connectivity index (χ4v) is 4.49. The zero-order valence-corrected chi connectivity index (χ0v) is 17.6. The Hall–Kier alpha value is -3.76. The number of amides is 1. The molecule has 2 N–H and O–H groups in total. The van der Waals surface area contributed by atoms with E-state index in [2.05, 4.69) is 15.1 Å². The number of aryl methyl sites for hydroxylation is 2. The Bertz CT molecular complexity index is 1440. The molecule has 0 unspecified atom stereocenters. The third-order valence-corrected chi connectivity index (χ3v) is 6.13. The van der Waals surface area contributed by atoms with E-state index >= 15 is 0 Å². The van der Waals surface area contributed by atoms with Crippen molar-refractivity contribution < 1.29 is 22.4 Å². The lowest BCUT2D eigenvalue weighted by atomic mass is 10.0. The molecule has 0 bridgehead atoms. The number of alkyl halides is 3. The molecule has 1 aliphatic carbocycles. The molecule has 33 heavy (non-hydrogen) atoms. The Balaban J connectivity index is 1.54. The summed E-state index contributed by atoms with van der Waals surface area (Å²) in [7, 11) is 3.20. The Morgan fingerprint density at radius 2 is 1.97 bits per heavy atom. The van der Waals surface area contributed by atoms with Gasteiger partial charge >= 0.3 is 6.18 Å². The zero-order chi connectivity index (χ0) is 23.7. The van der Waals surface area contributed by atoms with Crippen molar-refractivity contribution in [2.45, 2.75) is 25.1 Å². The van der Waals surface area contributed by atoms with E-state index in [1.807, 2.05) is 0 Å². The lowest BCUT2D eigenvalue weighted by molar-refractivity contribution is -0.141. The van der Waals surface area contributed by atoms with Crippen LogP contribution >= 0.6 is 0 Å². The van der Waals surface area contributed by atoms with Gasteiger partial charge in [-0.05, 0) is 30.5 Å². The van der Waals surface area contributed by atoms with Gasteiger partial charge in [-0.2, -0.15) is 18.3 Å². The second-order valence-electron chi connectivity index (χ2n) is 8.08. The maximum absolute atomic E-state index is 14.9. The van der Waals surface area contributed by atoms with Crippen LogP contribution in [-0.2, 0) is 19.6 Å². The second kappa shape index (κ2) is 7.12. The minimum absolute atomic E-state index is 0.171. The average molecular weight is 458 g/mol. The Morgan fingerprint density at radius 3 is 2.70 bits per heavy atom. The highest BCUT2D eigenvalue weighted by Gasteiger charge is 2.36. The van der Waals surface area contributed by atoms with Gasteiger partial charge in [0.15, 0.2) is 0 Å². The Morgan fingerprint density at radius 1 is 1.21 bits per heavy atom. The van der Waals surface area contributed by atoms with Gasteiger partial charge in [0.2, 0.25) is 0 Å². The van der Waals surface area contributed by atoms with Crippen LogP contribution in [0, 0.1) is 5.82 Å². The third-order valence-electron chi connectivity index (χ3n) is 6.13. The van der Waals surface area contributed by atoms with E-state index in [1.54, 1.807) is 17.9 Å². The van der Waals surface area contributed by atoms with E-state index in [9.17, 15) is 22.4 Å². The van der Waals surface area contributed by atoms with E-state index in [1.165, 1.54) is 24.1 Å². The number of pyridine rings is 2. The first-order chi connectivity index (χ1) is 15.6. The van der Waals surface area contributed by atoms with Crippen LogP contribution in [0.25, 0.3) is 21.8 Å². The molecule has 0 radical (unpaired) electrons. The summed E-state index contributed by atoms with van der Waals surface area (Å²) in [6.45, 7) is 0. The van der Waals surface area contributed by atoms with Crippen LogP contribution in [0.4, 0.5) is 23.4 Å². The number of benzene rings is 1. The number of hydrogen-bond donors (Lipinski definition) is 1. The smallest absolute Gasteiger partial charge is 0.382 e. The van der Waals surface area contributed by atoms with Gasteiger partial charge in [0.1, 0.15) is 22.8 Å². The highest BCUT2D eigenvalue weighted by Crippen LogP contribution is 2.38. The van der Waals surface area contributed by atoms with Gasteiger partial charge in [-0.1, -0.05) is 6.07 Å². The van der Waals surface area contributed by atoms with E-state index in [0.29, 0.717) is 45.9 Å².